The van der Waals surface area contributed by atoms with E-state index in [4.69, 9.17) is 4.74 Å². The van der Waals surface area contributed by atoms with Crippen LogP contribution in [0.5, 0.6) is 5.75 Å². The second-order valence-electron chi connectivity index (χ2n) is 4.03. The molecule has 0 unspecified atom stereocenters. The van der Waals surface area contributed by atoms with Gasteiger partial charge >= 0.3 is 0 Å². The first kappa shape index (κ1) is 13.7. The summed E-state index contributed by atoms with van der Waals surface area (Å²) < 4.78 is 5.05. The molecule has 0 heterocycles. The lowest BCUT2D eigenvalue weighted by Gasteiger charge is -2.13. The Morgan fingerprint density at radius 2 is 1.95 bits per heavy atom. The number of nitro benzene ring substituents is 1. The summed E-state index contributed by atoms with van der Waals surface area (Å²) >= 11 is 0. The lowest BCUT2D eigenvalue weighted by Crippen LogP contribution is -2.35. The number of nitro groups is 1. The molecule has 0 fully saturated rings. The molecule has 0 bridgehead atoms. The van der Waals surface area contributed by atoms with Gasteiger partial charge in [-0.2, -0.15) is 0 Å². The molecule has 0 saturated heterocycles. The van der Waals surface area contributed by atoms with Gasteiger partial charge in [-0.25, -0.2) is 0 Å². The van der Waals surface area contributed by atoms with E-state index in [0.29, 0.717) is 5.56 Å². The SMILES string of the molecule is CCOc1c(NCc2ccccc2[N+](=O)[O-])c(=O)c1=O. The standard InChI is InChI=1S/C13H12N2O5/c1-2-20-13-10(11(16)12(13)17)14-7-8-5-3-4-6-9(8)15(18)19/h3-6,14H,2,7H2,1H3. The fourth-order valence-corrected chi connectivity index (χ4v) is 1.84. The topological polar surface area (TPSA) is 98.5 Å². The number of nitrogens with zero attached hydrogens (tertiary/aromatic N) is 1. The quantitative estimate of drug-likeness (QED) is 0.483. The van der Waals surface area contributed by atoms with Crippen LogP contribution in [-0.2, 0) is 6.54 Å². The minimum atomic E-state index is -0.670. The molecule has 0 aliphatic heterocycles. The smallest absolute Gasteiger partial charge is 0.274 e. The number of hydrogen-bond acceptors (Lipinski definition) is 6. The van der Waals surface area contributed by atoms with Gasteiger partial charge < -0.3 is 10.1 Å². The zero-order valence-electron chi connectivity index (χ0n) is 10.7. The highest BCUT2D eigenvalue weighted by Crippen LogP contribution is 2.22. The molecule has 0 amide bonds. The van der Waals surface area contributed by atoms with E-state index >= 15 is 0 Å². The van der Waals surface area contributed by atoms with Crippen LogP contribution in [0.2, 0.25) is 0 Å². The van der Waals surface area contributed by atoms with Crippen molar-refractivity contribution in [3.05, 3.63) is 60.4 Å². The number of ether oxygens (including phenoxy) is 1. The van der Waals surface area contributed by atoms with Crippen LogP contribution >= 0.6 is 0 Å². The van der Waals surface area contributed by atoms with Gasteiger partial charge in [0.15, 0.2) is 5.75 Å². The van der Waals surface area contributed by atoms with Gasteiger partial charge in [0.05, 0.1) is 11.5 Å². The lowest BCUT2D eigenvalue weighted by molar-refractivity contribution is -0.385. The number of nitrogens with one attached hydrogen (secondary N) is 1. The molecule has 20 heavy (non-hydrogen) atoms. The molecule has 0 aliphatic rings. The monoisotopic (exact) mass is 276 g/mol. The molecule has 0 spiro atoms. The van der Waals surface area contributed by atoms with E-state index in [0.717, 1.165) is 0 Å². The Balaban J connectivity index is 2.18. The van der Waals surface area contributed by atoms with E-state index in [-0.39, 0.29) is 30.3 Å². The first-order chi connectivity index (χ1) is 9.56. The summed E-state index contributed by atoms with van der Waals surface area (Å²) in [5.74, 6) is -0.00363. The highest BCUT2D eigenvalue weighted by atomic mass is 16.6. The molecule has 7 heteroatoms. The van der Waals surface area contributed by atoms with E-state index in [1.54, 1.807) is 25.1 Å². The minimum absolute atomic E-state index is 0.00363. The fraction of sp³-hybridized carbons (Fsp3) is 0.231. The molecule has 104 valence electrons. The van der Waals surface area contributed by atoms with Crippen LogP contribution in [0.4, 0.5) is 11.4 Å². The highest BCUT2D eigenvalue weighted by Gasteiger charge is 2.22. The van der Waals surface area contributed by atoms with Crippen LogP contribution in [0.15, 0.2) is 33.9 Å². The third-order valence-corrected chi connectivity index (χ3v) is 2.80. The van der Waals surface area contributed by atoms with Crippen LogP contribution in [0.1, 0.15) is 12.5 Å². The largest absolute Gasteiger partial charge is 0.488 e. The number of rotatable bonds is 6. The average molecular weight is 276 g/mol. The average Bonchev–Trinajstić information content (AvgIpc) is 2.46. The summed E-state index contributed by atoms with van der Waals surface area (Å²) in [6.45, 7) is 2.04. The van der Waals surface area contributed by atoms with Crippen molar-refractivity contribution in [3.63, 3.8) is 0 Å². The Hall–Kier alpha value is -2.70. The fourth-order valence-electron chi connectivity index (χ4n) is 1.84. The van der Waals surface area contributed by atoms with Crippen LogP contribution in [0.25, 0.3) is 0 Å². The van der Waals surface area contributed by atoms with E-state index in [2.05, 4.69) is 5.32 Å². The zero-order valence-corrected chi connectivity index (χ0v) is 10.7. The molecule has 0 radical (unpaired) electrons. The third kappa shape index (κ3) is 2.37. The van der Waals surface area contributed by atoms with Crippen molar-refractivity contribution in [2.75, 3.05) is 11.9 Å². The van der Waals surface area contributed by atoms with E-state index in [9.17, 15) is 19.7 Å². The molecule has 0 atom stereocenters. The van der Waals surface area contributed by atoms with Crippen LogP contribution in [0.3, 0.4) is 0 Å². The summed E-state index contributed by atoms with van der Waals surface area (Å²) in [4.78, 5) is 33.0. The minimum Gasteiger partial charge on any atom is -0.488 e. The summed E-state index contributed by atoms with van der Waals surface area (Å²) in [6.07, 6.45) is 0. The van der Waals surface area contributed by atoms with E-state index < -0.39 is 15.8 Å². The summed E-state index contributed by atoms with van der Waals surface area (Å²) in [7, 11) is 0. The number of hydrogen-bond donors (Lipinski definition) is 1. The maximum Gasteiger partial charge on any atom is 0.274 e. The number of para-hydroxylation sites is 1. The van der Waals surface area contributed by atoms with Crippen molar-refractivity contribution in [2.45, 2.75) is 13.5 Å². The maximum absolute atomic E-state index is 11.4. The molecule has 1 N–H and O–H groups in total. The number of benzene rings is 1. The first-order valence-corrected chi connectivity index (χ1v) is 5.98. The van der Waals surface area contributed by atoms with E-state index in [1.165, 1.54) is 6.07 Å². The molecule has 2 aromatic carbocycles. The lowest BCUT2D eigenvalue weighted by atomic mass is 10.1. The first-order valence-electron chi connectivity index (χ1n) is 5.98. The van der Waals surface area contributed by atoms with Crippen LogP contribution in [0, 0.1) is 10.1 Å². The predicted octanol–water partition coefficient (Wildman–Crippen LogP) is 1.20. The molecular formula is C13H12N2O5. The van der Waals surface area contributed by atoms with Gasteiger partial charge in [-0.15, -0.1) is 0 Å². The van der Waals surface area contributed by atoms with Gasteiger partial charge in [0.25, 0.3) is 16.5 Å². The molecule has 2 aromatic rings. The molecule has 0 aromatic heterocycles. The Bertz CT molecular complexity index is 716. The van der Waals surface area contributed by atoms with Gasteiger partial charge in [-0.1, -0.05) is 18.2 Å². The van der Waals surface area contributed by atoms with Crippen molar-refractivity contribution in [2.24, 2.45) is 0 Å². The molecular weight excluding hydrogens is 264 g/mol. The second kappa shape index (κ2) is 5.52. The Morgan fingerprint density at radius 1 is 1.25 bits per heavy atom. The molecule has 2 rings (SSSR count). The van der Waals surface area contributed by atoms with E-state index in [1.807, 2.05) is 0 Å². The van der Waals surface area contributed by atoms with Crippen LogP contribution < -0.4 is 20.9 Å². The summed E-state index contributed by atoms with van der Waals surface area (Å²) in [5.41, 5.74) is -0.872. The molecule has 0 aliphatic carbocycles. The summed E-state index contributed by atoms with van der Waals surface area (Å²) in [5, 5.41) is 13.6. The van der Waals surface area contributed by atoms with Crippen molar-refractivity contribution >= 4 is 11.4 Å². The van der Waals surface area contributed by atoms with Crippen molar-refractivity contribution < 1.29 is 9.66 Å². The molecule has 7 nitrogen and oxygen atoms in total. The number of anilines is 1. The second-order valence-corrected chi connectivity index (χ2v) is 4.03. The third-order valence-electron chi connectivity index (χ3n) is 2.80. The van der Waals surface area contributed by atoms with Crippen LogP contribution in [-0.4, -0.2) is 11.5 Å². The van der Waals surface area contributed by atoms with Gasteiger partial charge in [0, 0.05) is 18.2 Å². The normalized spacial score (nSPS) is 10.4. The van der Waals surface area contributed by atoms with Gasteiger partial charge in [-0.3, -0.25) is 19.7 Å². The predicted molar refractivity (Wildman–Crippen MR) is 72.9 cm³/mol. The highest BCUT2D eigenvalue weighted by molar-refractivity contribution is 5.62. The van der Waals surface area contributed by atoms with Crippen molar-refractivity contribution in [1.82, 2.24) is 0 Å². The van der Waals surface area contributed by atoms with Gasteiger partial charge in [0.1, 0.15) is 5.69 Å². The van der Waals surface area contributed by atoms with Crippen molar-refractivity contribution in [1.29, 1.82) is 0 Å². The summed E-state index contributed by atoms with van der Waals surface area (Å²) in [6, 6.07) is 6.18. The van der Waals surface area contributed by atoms with Gasteiger partial charge in [-0.05, 0) is 6.92 Å². The van der Waals surface area contributed by atoms with Gasteiger partial charge in [0.2, 0.25) is 0 Å². The molecule has 0 saturated carbocycles. The maximum atomic E-state index is 11.4. The Morgan fingerprint density at radius 3 is 2.60 bits per heavy atom. The zero-order chi connectivity index (χ0) is 14.7. The Kier molecular flexibility index (Phi) is 3.79. The van der Waals surface area contributed by atoms with Crippen molar-refractivity contribution in [3.8, 4) is 5.75 Å². The Labute approximate surface area is 113 Å².